The van der Waals surface area contributed by atoms with Crippen LogP contribution in [0.1, 0.15) is 35.3 Å². The molecule has 0 N–H and O–H groups in total. The number of non-ortho nitro benzene ring substituents is 1. The monoisotopic (exact) mass is 363 g/mol. The minimum atomic E-state index is -0.510. The Bertz CT molecular complexity index is 1000. The maximum atomic E-state index is 13.1. The summed E-state index contributed by atoms with van der Waals surface area (Å²) in [5.41, 5.74) is 1.23. The summed E-state index contributed by atoms with van der Waals surface area (Å²) in [6.45, 7) is 1.95. The number of nitrogens with zero attached hydrogens (tertiary/aromatic N) is 5. The number of carbonyl (C=O) groups is 1. The van der Waals surface area contributed by atoms with Gasteiger partial charge in [0.2, 0.25) is 5.95 Å². The highest BCUT2D eigenvalue weighted by Gasteiger charge is 2.36. The Morgan fingerprint density at radius 1 is 1.19 bits per heavy atom. The third kappa shape index (κ3) is 2.95. The molecule has 0 bridgehead atoms. The van der Waals surface area contributed by atoms with E-state index in [4.69, 9.17) is 0 Å². The Labute approximate surface area is 155 Å². The first-order chi connectivity index (χ1) is 13.1. The first kappa shape index (κ1) is 16.9. The summed E-state index contributed by atoms with van der Waals surface area (Å²) in [6.07, 6.45) is 2.10. The molecule has 0 aliphatic carbocycles. The number of rotatable bonds is 3. The van der Waals surface area contributed by atoms with Crippen molar-refractivity contribution in [1.82, 2.24) is 14.8 Å². The standard InChI is InChI=1S/C19H17N5O3/c1-13-10-17(14-6-3-2-4-7-14)23-19(20-12-21-23)22(13)18(25)15-8-5-9-16(11-15)24(26)27/h2-9,11-13,17H,10H2,1H3. The topological polar surface area (TPSA) is 94.2 Å². The van der Waals surface area contributed by atoms with Crippen molar-refractivity contribution in [1.29, 1.82) is 0 Å². The summed E-state index contributed by atoms with van der Waals surface area (Å²) >= 11 is 0. The number of benzene rings is 2. The van der Waals surface area contributed by atoms with Gasteiger partial charge in [0.05, 0.1) is 11.0 Å². The van der Waals surface area contributed by atoms with Crippen LogP contribution in [0.2, 0.25) is 0 Å². The Morgan fingerprint density at radius 2 is 1.96 bits per heavy atom. The molecule has 8 heteroatoms. The third-order valence-electron chi connectivity index (χ3n) is 4.78. The maximum absolute atomic E-state index is 13.1. The Kier molecular flexibility index (Phi) is 4.15. The zero-order valence-corrected chi connectivity index (χ0v) is 14.6. The Morgan fingerprint density at radius 3 is 2.70 bits per heavy atom. The second-order valence-electron chi connectivity index (χ2n) is 6.50. The molecule has 1 aliphatic heterocycles. The molecular weight excluding hydrogens is 346 g/mol. The molecule has 8 nitrogen and oxygen atoms in total. The van der Waals surface area contributed by atoms with E-state index in [-0.39, 0.29) is 29.2 Å². The number of fused-ring (bicyclic) bond motifs is 1. The molecule has 0 radical (unpaired) electrons. The average Bonchev–Trinajstić information content (AvgIpc) is 3.17. The van der Waals surface area contributed by atoms with Crippen LogP contribution in [0.15, 0.2) is 60.9 Å². The van der Waals surface area contributed by atoms with Gasteiger partial charge >= 0.3 is 0 Å². The first-order valence-electron chi connectivity index (χ1n) is 8.58. The van der Waals surface area contributed by atoms with E-state index in [9.17, 15) is 14.9 Å². The summed E-state index contributed by atoms with van der Waals surface area (Å²) in [5.74, 6) is 0.117. The lowest BCUT2D eigenvalue weighted by Crippen LogP contribution is -2.46. The van der Waals surface area contributed by atoms with Crippen LogP contribution in [-0.4, -0.2) is 31.6 Å². The molecule has 27 heavy (non-hydrogen) atoms. The van der Waals surface area contributed by atoms with Gasteiger partial charge in [-0.2, -0.15) is 10.1 Å². The van der Waals surface area contributed by atoms with Gasteiger partial charge < -0.3 is 0 Å². The third-order valence-corrected chi connectivity index (χ3v) is 4.78. The molecule has 2 aromatic carbocycles. The van der Waals surface area contributed by atoms with Crippen LogP contribution in [0.3, 0.4) is 0 Å². The highest BCUT2D eigenvalue weighted by molar-refractivity contribution is 6.06. The van der Waals surface area contributed by atoms with E-state index in [1.165, 1.54) is 24.5 Å². The highest BCUT2D eigenvalue weighted by Crippen LogP contribution is 2.35. The second kappa shape index (κ2) is 6.64. The van der Waals surface area contributed by atoms with Crippen molar-refractivity contribution in [3.05, 3.63) is 82.2 Å². The van der Waals surface area contributed by atoms with Gasteiger partial charge in [0.15, 0.2) is 0 Å². The van der Waals surface area contributed by atoms with Gasteiger partial charge in [-0.1, -0.05) is 36.4 Å². The molecule has 1 amide bonds. The minimum Gasteiger partial charge on any atom is -0.274 e. The normalized spacial score (nSPS) is 18.8. The van der Waals surface area contributed by atoms with Crippen molar-refractivity contribution < 1.29 is 9.72 Å². The van der Waals surface area contributed by atoms with Gasteiger partial charge in [0.1, 0.15) is 6.33 Å². The molecule has 1 aromatic heterocycles. The zero-order chi connectivity index (χ0) is 19.0. The van der Waals surface area contributed by atoms with Gasteiger partial charge in [0.25, 0.3) is 11.6 Å². The Balaban J connectivity index is 1.73. The minimum absolute atomic E-state index is 0.0205. The number of amides is 1. The van der Waals surface area contributed by atoms with Crippen molar-refractivity contribution in [2.24, 2.45) is 0 Å². The number of nitro groups is 1. The average molecular weight is 363 g/mol. The SMILES string of the molecule is CC1CC(c2ccccc2)n2ncnc2N1C(=O)c1cccc([N+](=O)[O-])c1. The lowest BCUT2D eigenvalue weighted by atomic mass is 9.97. The van der Waals surface area contributed by atoms with Crippen LogP contribution >= 0.6 is 0 Å². The lowest BCUT2D eigenvalue weighted by Gasteiger charge is -2.37. The number of anilines is 1. The van der Waals surface area contributed by atoms with Crippen LogP contribution < -0.4 is 4.90 Å². The fourth-order valence-corrected chi connectivity index (χ4v) is 3.50. The molecule has 0 spiro atoms. The summed E-state index contributed by atoms with van der Waals surface area (Å²) in [5, 5.41) is 15.4. The van der Waals surface area contributed by atoms with Crippen molar-refractivity contribution in [3.63, 3.8) is 0 Å². The molecular formula is C19H17N5O3. The van der Waals surface area contributed by atoms with E-state index < -0.39 is 4.92 Å². The van der Waals surface area contributed by atoms with Gasteiger partial charge in [-0.25, -0.2) is 4.68 Å². The smallest absolute Gasteiger partial charge is 0.270 e. The molecule has 4 rings (SSSR count). The predicted octanol–water partition coefficient (Wildman–Crippen LogP) is 3.21. The van der Waals surface area contributed by atoms with Gasteiger partial charge in [-0.15, -0.1) is 0 Å². The lowest BCUT2D eigenvalue weighted by molar-refractivity contribution is -0.384. The molecule has 0 saturated heterocycles. The molecule has 2 heterocycles. The maximum Gasteiger partial charge on any atom is 0.270 e. The summed E-state index contributed by atoms with van der Waals surface area (Å²) in [6, 6.07) is 15.5. The molecule has 2 atom stereocenters. The van der Waals surface area contributed by atoms with Crippen molar-refractivity contribution >= 4 is 17.5 Å². The van der Waals surface area contributed by atoms with Crippen molar-refractivity contribution in [2.45, 2.75) is 25.4 Å². The molecule has 3 aromatic rings. The van der Waals surface area contributed by atoms with Crippen LogP contribution in [0.25, 0.3) is 0 Å². The fourth-order valence-electron chi connectivity index (χ4n) is 3.50. The molecule has 1 aliphatic rings. The highest BCUT2D eigenvalue weighted by atomic mass is 16.6. The Hall–Kier alpha value is -3.55. The van der Waals surface area contributed by atoms with Crippen molar-refractivity contribution in [2.75, 3.05) is 4.90 Å². The number of carbonyl (C=O) groups excluding carboxylic acids is 1. The van der Waals surface area contributed by atoms with Crippen LogP contribution in [0.5, 0.6) is 0 Å². The van der Waals surface area contributed by atoms with E-state index in [1.54, 1.807) is 15.6 Å². The quantitative estimate of drug-likeness (QED) is 0.526. The van der Waals surface area contributed by atoms with Gasteiger partial charge in [0, 0.05) is 23.7 Å². The number of nitro benzene ring substituents is 1. The van der Waals surface area contributed by atoms with Crippen LogP contribution in [0.4, 0.5) is 11.6 Å². The number of aromatic nitrogens is 3. The molecule has 0 fully saturated rings. The van der Waals surface area contributed by atoms with Gasteiger partial charge in [-0.05, 0) is 25.0 Å². The van der Waals surface area contributed by atoms with Gasteiger partial charge in [-0.3, -0.25) is 19.8 Å². The first-order valence-corrected chi connectivity index (χ1v) is 8.58. The fraction of sp³-hybridized carbons (Fsp3) is 0.211. The second-order valence-corrected chi connectivity index (χ2v) is 6.50. The van der Waals surface area contributed by atoms with E-state index in [0.29, 0.717) is 12.4 Å². The van der Waals surface area contributed by atoms with E-state index in [0.717, 1.165) is 5.56 Å². The summed E-state index contributed by atoms with van der Waals surface area (Å²) in [7, 11) is 0. The van der Waals surface area contributed by atoms with Crippen LogP contribution in [0, 0.1) is 10.1 Å². The van der Waals surface area contributed by atoms with E-state index in [2.05, 4.69) is 10.1 Å². The molecule has 0 saturated carbocycles. The number of hydrogen-bond acceptors (Lipinski definition) is 5. The molecule has 136 valence electrons. The van der Waals surface area contributed by atoms with Crippen molar-refractivity contribution in [3.8, 4) is 0 Å². The summed E-state index contributed by atoms with van der Waals surface area (Å²) in [4.78, 5) is 29.5. The number of hydrogen-bond donors (Lipinski definition) is 0. The predicted molar refractivity (Wildman–Crippen MR) is 98.6 cm³/mol. The summed E-state index contributed by atoms with van der Waals surface area (Å²) < 4.78 is 1.74. The zero-order valence-electron chi connectivity index (χ0n) is 14.6. The van der Waals surface area contributed by atoms with Crippen LogP contribution in [-0.2, 0) is 0 Å². The van der Waals surface area contributed by atoms with E-state index >= 15 is 0 Å². The van der Waals surface area contributed by atoms with E-state index in [1.807, 2.05) is 37.3 Å². The molecule has 2 unspecified atom stereocenters. The largest absolute Gasteiger partial charge is 0.274 e.